The van der Waals surface area contributed by atoms with Crippen molar-refractivity contribution in [3.05, 3.63) is 28.3 Å². The summed E-state index contributed by atoms with van der Waals surface area (Å²) in [4.78, 5) is 15.8. The van der Waals surface area contributed by atoms with Crippen LogP contribution in [-0.4, -0.2) is 27.6 Å². The molecule has 1 aromatic heterocycles. The van der Waals surface area contributed by atoms with Crippen LogP contribution in [-0.2, 0) is 13.0 Å². The molecule has 0 atom stereocenters. The predicted octanol–water partition coefficient (Wildman–Crippen LogP) is 1.91. The zero-order valence-electron chi connectivity index (χ0n) is 7.70. The summed E-state index contributed by atoms with van der Waals surface area (Å²) >= 11 is 5.53. The van der Waals surface area contributed by atoms with Gasteiger partial charge in [0.2, 0.25) is 0 Å². The van der Waals surface area contributed by atoms with Gasteiger partial charge in [-0.05, 0) is 11.6 Å². The Kier molecular flexibility index (Phi) is 2.48. The van der Waals surface area contributed by atoms with Crippen molar-refractivity contribution in [3.8, 4) is 0 Å². The van der Waals surface area contributed by atoms with Gasteiger partial charge in [-0.2, -0.15) is 0 Å². The van der Waals surface area contributed by atoms with Crippen LogP contribution >= 0.6 is 11.6 Å². The molecular weight excluding hydrogens is 223 g/mol. The average Bonchev–Trinajstić information content (AvgIpc) is 2.19. The van der Waals surface area contributed by atoms with Crippen molar-refractivity contribution in [2.24, 2.45) is 0 Å². The second kappa shape index (κ2) is 3.66. The summed E-state index contributed by atoms with van der Waals surface area (Å²) < 4.78 is 13.1. The van der Waals surface area contributed by atoms with Crippen molar-refractivity contribution in [1.82, 2.24) is 9.88 Å². The number of pyridine rings is 1. The van der Waals surface area contributed by atoms with Gasteiger partial charge in [-0.1, -0.05) is 11.6 Å². The van der Waals surface area contributed by atoms with Crippen LogP contribution in [0.25, 0.3) is 0 Å². The third kappa shape index (κ3) is 1.87. The van der Waals surface area contributed by atoms with Crippen LogP contribution in [0.1, 0.15) is 11.3 Å². The van der Waals surface area contributed by atoms with Gasteiger partial charge in [0.15, 0.2) is 11.0 Å². The maximum absolute atomic E-state index is 13.1. The fourth-order valence-electron chi connectivity index (χ4n) is 1.58. The average molecular weight is 231 g/mol. The number of nitrogens with zero attached hydrogens (tertiary/aromatic N) is 2. The van der Waals surface area contributed by atoms with E-state index in [4.69, 9.17) is 16.7 Å². The minimum Gasteiger partial charge on any atom is -0.465 e. The van der Waals surface area contributed by atoms with E-state index >= 15 is 0 Å². The molecule has 1 aliphatic rings. The van der Waals surface area contributed by atoms with E-state index in [1.807, 2.05) is 0 Å². The lowest BCUT2D eigenvalue weighted by molar-refractivity contribution is 0.139. The van der Waals surface area contributed by atoms with Gasteiger partial charge in [0.1, 0.15) is 0 Å². The number of rotatable bonds is 0. The molecule has 2 rings (SSSR count). The van der Waals surface area contributed by atoms with Crippen molar-refractivity contribution in [2.45, 2.75) is 13.0 Å². The van der Waals surface area contributed by atoms with E-state index in [0.29, 0.717) is 24.2 Å². The Morgan fingerprint density at radius 2 is 2.40 bits per heavy atom. The molecule has 0 unspecified atom stereocenters. The van der Waals surface area contributed by atoms with Crippen LogP contribution in [0.2, 0.25) is 5.15 Å². The Bertz CT molecular complexity index is 425. The SMILES string of the molecule is O=C(O)N1CCc2nc(Cl)c(F)cc2C1. The standard InChI is InChI=1S/C9H8ClFN2O2/c10-8-6(11)3-5-4-13(9(14)15)2-1-7(5)12-8/h3H,1-2,4H2,(H,14,15). The van der Waals surface area contributed by atoms with Gasteiger partial charge in [-0.25, -0.2) is 14.2 Å². The van der Waals surface area contributed by atoms with Crippen molar-refractivity contribution in [3.63, 3.8) is 0 Å². The minimum atomic E-state index is -1.00. The molecular formula is C9H8ClFN2O2. The van der Waals surface area contributed by atoms with Gasteiger partial charge in [-0.3, -0.25) is 0 Å². The zero-order chi connectivity index (χ0) is 11.0. The number of carbonyl (C=O) groups is 1. The highest BCUT2D eigenvalue weighted by Gasteiger charge is 2.22. The number of carboxylic acid groups (broad SMARTS) is 1. The second-order valence-corrected chi connectivity index (χ2v) is 3.68. The molecule has 2 heterocycles. The molecule has 0 aliphatic carbocycles. The number of hydrogen-bond acceptors (Lipinski definition) is 2. The molecule has 1 aliphatic heterocycles. The summed E-state index contributed by atoms with van der Waals surface area (Å²) in [6, 6.07) is 1.25. The van der Waals surface area contributed by atoms with Crippen molar-refractivity contribution in [1.29, 1.82) is 0 Å². The van der Waals surface area contributed by atoms with Crippen LogP contribution in [0.3, 0.4) is 0 Å². The lowest BCUT2D eigenvalue weighted by Crippen LogP contribution is -2.35. The first-order valence-electron chi connectivity index (χ1n) is 4.39. The number of aromatic nitrogens is 1. The van der Waals surface area contributed by atoms with E-state index in [0.717, 1.165) is 0 Å². The summed E-state index contributed by atoms with van der Waals surface area (Å²) in [6.07, 6.45) is -0.530. The highest BCUT2D eigenvalue weighted by atomic mass is 35.5. The Morgan fingerprint density at radius 3 is 3.07 bits per heavy atom. The lowest BCUT2D eigenvalue weighted by atomic mass is 10.1. The first kappa shape index (κ1) is 10.2. The Hall–Kier alpha value is -1.36. The molecule has 1 N–H and O–H groups in total. The maximum atomic E-state index is 13.1. The summed E-state index contributed by atoms with van der Waals surface area (Å²) in [6.45, 7) is 0.545. The van der Waals surface area contributed by atoms with Gasteiger partial charge < -0.3 is 10.0 Å². The molecule has 80 valence electrons. The van der Waals surface area contributed by atoms with Crippen LogP contribution in [0, 0.1) is 5.82 Å². The van der Waals surface area contributed by atoms with E-state index in [2.05, 4.69) is 4.98 Å². The minimum absolute atomic E-state index is 0.155. The maximum Gasteiger partial charge on any atom is 0.407 e. The van der Waals surface area contributed by atoms with Gasteiger partial charge in [0.05, 0.1) is 6.54 Å². The van der Waals surface area contributed by atoms with E-state index in [-0.39, 0.29) is 11.7 Å². The molecule has 1 amide bonds. The third-order valence-electron chi connectivity index (χ3n) is 2.35. The van der Waals surface area contributed by atoms with Crippen molar-refractivity contribution >= 4 is 17.7 Å². The van der Waals surface area contributed by atoms with Gasteiger partial charge in [-0.15, -0.1) is 0 Å². The van der Waals surface area contributed by atoms with Crippen LogP contribution in [0.15, 0.2) is 6.07 Å². The quantitative estimate of drug-likeness (QED) is 0.693. The number of fused-ring (bicyclic) bond motifs is 1. The van der Waals surface area contributed by atoms with Crippen molar-refractivity contribution < 1.29 is 14.3 Å². The Morgan fingerprint density at radius 1 is 1.67 bits per heavy atom. The molecule has 4 nitrogen and oxygen atoms in total. The fraction of sp³-hybridized carbons (Fsp3) is 0.333. The summed E-state index contributed by atoms with van der Waals surface area (Å²) in [5.41, 5.74) is 1.27. The van der Waals surface area contributed by atoms with Crippen molar-refractivity contribution in [2.75, 3.05) is 6.54 Å². The normalized spacial score (nSPS) is 14.9. The molecule has 0 aromatic carbocycles. The van der Waals surface area contributed by atoms with Gasteiger partial charge in [0, 0.05) is 18.7 Å². The number of halogens is 2. The van der Waals surface area contributed by atoms with E-state index in [1.54, 1.807) is 0 Å². The molecule has 0 bridgehead atoms. The number of hydrogen-bond donors (Lipinski definition) is 1. The summed E-state index contributed by atoms with van der Waals surface area (Å²) in [5, 5.41) is 8.62. The van der Waals surface area contributed by atoms with E-state index in [9.17, 15) is 9.18 Å². The Balaban J connectivity index is 2.34. The van der Waals surface area contributed by atoms with E-state index in [1.165, 1.54) is 11.0 Å². The monoisotopic (exact) mass is 230 g/mol. The lowest BCUT2D eigenvalue weighted by Gasteiger charge is -2.25. The molecule has 0 fully saturated rings. The summed E-state index contributed by atoms with van der Waals surface area (Å²) in [5.74, 6) is -0.609. The van der Waals surface area contributed by atoms with Crippen LogP contribution in [0.5, 0.6) is 0 Å². The zero-order valence-corrected chi connectivity index (χ0v) is 8.46. The van der Waals surface area contributed by atoms with Crippen LogP contribution < -0.4 is 0 Å². The second-order valence-electron chi connectivity index (χ2n) is 3.32. The molecule has 15 heavy (non-hydrogen) atoms. The predicted molar refractivity (Wildman–Crippen MR) is 51.3 cm³/mol. The molecule has 1 aromatic rings. The Labute approximate surface area is 90.3 Å². The van der Waals surface area contributed by atoms with E-state index < -0.39 is 11.9 Å². The summed E-state index contributed by atoms with van der Waals surface area (Å²) in [7, 11) is 0. The first-order chi connectivity index (χ1) is 7.08. The molecule has 0 saturated carbocycles. The van der Waals surface area contributed by atoms with Crippen LogP contribution in [0.4, 0.5) is 9.18 Å². The molecule has 6 heteroatoms. The molecule has 0 radical (unpaired) electrons. The smallest absolute Gasteiger partial charge is 0.407 e. The highest BCUT2D eigenvalue weighted by Crippen LogP contribution is 2.22. The van der Waals surface area contributed by atoms with Gasteiger partial charge >= 0.3 is 6.09 Å². The largest absolute Gasteiger partial charge is 0.465 e. The highest BCUT2D eigenvalue weighted by molar-refractivity contribution is 6.29. The van der Waals surface area contributed by atoms with Gasteiger partial charge in [0.25, 0.3) is 0 Å². The molecule has 0 saturated heterocycles. The topological polar surface area (TPSA) is 53.4 Å². The number of amides is 1. The fourth-order valence-corrected chi connectivity index (χ4v) is 1.74. The first-order valence-corrected chi connectivity index (χ1v) is 4.77. The molecule has 0 spiro atoms. The third-order valence-corrected chi connectivity index (χ3v) is 2.62.